The van der Waals surface area contributed by atoms with Gasteiger partial charge in [0.25, 0.3) is 5.56 Å². The Balaban J connectivity index is 2.41. The summed E-state index contributed by atoms with van der Waals surface area (Å²) in [5.41, 5.74) is 0.621. The Morgan fingerprint density at radius 1 is 1.60 bits per heavy atom. The topological polar surface area (TPSA) is 60.9 Å². The Bertz CT molecular complexity index is 519. The van der Waals surface area contributed by atoms with Crippen LogP contribution in [0.15, 0.2) is 32.4 Å². The van der Waals surface area contributed by atoms with Crippen molar-refractivity contribution in [1.29, 1.82) is 0 Å². The van der Waals surface area contributed by atoms with Crippen molar-refractivity contribution in [2.75, 3.05) is 0 Å². The predicted octanol–water partition coefficient (Wildman–Crippen LogP) is 1.35. The van der Waals surface area contributed by atoms with Crippen molar-refractivity contribution in [2.45, 2.75) is 13.5 Å². The molecule has 78 valence electrons. The molecule has 0 aliphatic carbocycles. The molecule has 0 aliphatic rings. The van der Waals surface area contributed by atoms with E-state index in [1.165, 1.54) is 11.0 Å². The van der Waals surface area contributed by atoms with Gasteiger partial charge in [0, 0.05) is 16.2 Å². The van der Waals surface area contributed by atoms with Crippen molar-refractivity contribution < 1.29 is 4.52 Å². The third-order valence-corrected chi connectivity index (χ3v) is 2.38. The maximum atomic E-state index is 11.7. The molecule has 0 saturated carbocycles. The first-order valence-electron chi connectivity index (χ1n) is 4.28. The zero-order chi connectivity index (χ0) is 10.8. The molecule has 2 aromatic heterocycles. The van der Waals surface area contributed by atoms with E-state index in [0.717, 1.165) is 4.47 Å². The average molecular weight is 270 g/mol. The second kappa shape index (κ2) is 3.98. The first kappa shape index (κ1) is 10.1. The van der Waals surface area contributed by atoms with Gasteiger partial charge in [-0.1, -0.05) is 5.16 Å². The van der Waals surface area contributed by atoms with Crippen LogP contribution in [0.3, 0.4) is 0 Å². The summed E-state index contributed by atoms with van der Waals surface area (Å²) in [5, 5.41) is 3.65. The fourth-order valence-corrected chi connectivity index (χ4v) is 1.86. The highest BCUT2D eigenvalue weighted by atomic mass is 79.9. The molecule has 0 saturated heterocycles. The van der Waals surface area contributed by atoms with Crippen molar-refractivity contribution in [3.8, 4) is 0 Å². The molecule has 0 fully saturated rings. The normalized spacial score (nSPS) is 10.5. The van der Waals surface area contributed by atoms with Gasteiger partial charge in [-0.05, 0) is 28.9 Å². The van der Waals surface area contributed by atoms with Crippen molar-refractivity contribution in [2.24, 2.45) is 0 Å². The third-order valence-electron chi connectivity index (χ3n) is 1.95. The molecular formula is C9H8BrN3O2. The minimum Gasteiger partial charge on any atom is -0.343 e. The van der Waals surface area contributed by atoms with E-state index in [2.05, 4.69) is 30.6 Å². The second-order valence-corrected chi connectivity index (χ2v) is 4.04. The number of aromatic nitrogens is 3. The maximum Gasteiger partial charge on any atom is 0.253 e. The molecule has 0 aliphatic heterocycles. The van der Waals surface area contributed by atoms with E-state index in [-0.39, 0.29) is 5.56 Å². The molecule has 5 nitrogen and oxygen atoms in total. The fourth-order valence-electron chi connectivity index (χ4n) is 1.27. The summed E-state index contributed by atoms with van der Waals surface area (Å²) in [5.74, 6) is 0.481. The highest BCUT2D eigenvalue weighted by Gasteiger charge is 2.05. The number of rotatable bonds is 2. The van der Waals surface area contributed by atoms with Crippen LogP contribution in [0.1, 0.15) is 11.4 Å². The molecular weight excluding hydrogens is 262 g/mol. The van der Waals surface area contributed by atoms with E-state index in [4.69, 9.17) is 0 Å². The van der Waals surface area contributed by atoms with Crippen LogP contribution < -0.4 is 5.56 Å². The third kappa shape index (κ3) is 2.15. The number of nitrogens with zero attached hydrogens (tertiary/aromatic N) is 3. The van der Waals surface area contributed by atoms with E-state index >= 15 is 0 Å². The Kier molecular flexibility index (Phi) is 2.68. The predicted molar refractivity (Wildman–Crippen MR) is 56.5 cm³/mol. The molecule has 2 rings (SSSR count). The molecule has 0 N–H and O–H groups in total. The molecule has 2 aromatic rings. The lowest BCUT2D eigenvalue weighted by Gasteiger charge is -2.04. The number of hydrogen-bond acceptors (Lipinski definition) is 4. The summed E-state index contributed by atoms with van der Waals surface area (Å²) in [7, 11) is 0. The first-order chi connectivity index (χ1) is 7.16. The quantitative estimate of drug-likeness (QED) is 0.826. The van der Waals surface area contributed by atoms with Crippen LogP contribution in [0, 0.1) is 6.92 Å². The molecule has 0 bridgehead atoms. The van der Waals surface area contributed by atoms with E-state index in [1.54, 1.807) is 19.2 Å². The number of aryl methyl sites for hydroxylation is 1. The number of pyridine rings is 1. The molecule has 15 heavy (non-hydrogen) atoms. The lowest BCUT2D eigenvalue weighted by molar-refractivity contribution is 0.408. The van der Waals surface area contributed by atoms with Gasteiger partial charge in [0.1, 0.15) is 0 Å². The first-order valence-corrected chi connectivity index (χ1v) is 5.08. The molecule has 0 atom stereocenters. The summed E-state index contributed by atoms with van der Waals surface area (Å²) in [6, 6.07) is 1.77. The largest absolute Gasteiger partial charge is 0.343 e. The van der Waals surface area contributed by atoms with Crippen LogP contribution in [0.25, 0.3) is 0 Å². The van der Waals surface area contributed by atoms with Gasteiger partial charge >= 0.3 is 0 Å². The zero-order valence-corrected chi connectivity index (χ0v) is 9.56. The van der Waals surface area contributed by atoms with Gasteiger partial charge in [-0.3, -0.25) is 4.79 Å². The Labute approximate surface area is 93.9 Å². The Morgan fingerprint density at radius 3 is 3.07 bits per heavy atom. The second-order valence-electron chi connectivity index (χ2n) is 3.12. The smallest absolute Gasteiger partial charge is 0.253 e. The molecule has 2 heterocycles. The van der Waals surface area contributed by atoms with Gasteiger partial charge in [0.2, 0.25) is 6.39 Å². The minimum atomic E-state index is -0.0528. The molecule has 0 unspecified atom stereocenters. The highest BCUT2D eigenvalue weighted by molar-refractivity contribution is 9.10. The van der Waals surface area contributed by atoms with Gasteiger partial charge in [-0.25, -0.2) is 0 Å². The average Bonchev–Trinajstić information content (AvgIpc) is 2.66. The summed E-state index contributed by atoms with van der Waals surface area (Å²) in [6.45, 7) is 2.08. The summed E-state index contributed by atoms with van der Waals surface area (Å²) >= 11 is 3.33. The summed E-state index contributed by atoms with van der Waals surface area (Å²) in [4.78, 5) is 15.6. The van der Waals surface area contributed by atoms with Crippen molar-refractivity contribution in [3.63, 3.8) is 0 Å². The van der Waals surface area contributed by atoms with Crippen molar-refractivity contribution in [3.05, 3.63) is 44.9 Å². The van der Waals surface area contributed by atoms with E-state index in [1.807, 2.05) is 0 Å². The van der Waals surface area contributed by atoms with E-state index in [9.17, 15) is 4.79 Å². The molecule has 0 spiro atoms. The van der Waals surface area contributed by atoms with Gasteiger partial charge in [-0.15, -0.1) is 0 Å². The fraction of sp³-hybridized carbons (Fsp3) is 0.222. The Hall–Kier alpha value is -1.43. The van der Waals surface area contributed by atoms with Gasteiger partial charge in [0.15, 0.2) is 5.82 Å². The van der Waals surface area contributed by atoms with Gasteiger partial charge in [0.05, 0.1) is 6.54 Å². The maximum absolute atomic E-state index is 11.7. The molecule has 0 radical (unpaired) electrons. The summed E-state index contributed by atoms with van der Waals surface area (Å²) in [6.07, 6.45) is 2.94. The van der Waals surface area contributed by atoms with Gasteiger partial charge in [-0.2, -0.15) is 4.98 Å². The van der Waals surface area contributed by atoms with Crippen LogP contribution in [-0.4, -0.2) is 14.7 Å². The van der Waals surface area contributed by atoms with Crippen molar-refractivity contribution in [1.82, 2.24) is 14.7 Å². The SMILES string of the molecule is Cc1cc(Br)cn(Cc2ncon2)c1=O. The highest BCUT2D eigenvalue weighted by Crippen LogP contribution is 2.08. The lowest BCUT2D eigenvalue weighted by Crippen LogP contribution is -2.22. The van der Waals surface area contributed by atoms with Crippen LogP contribution in [0.2, 0.25) is 0 Å². The van der Waals surface area contributed by atoms with Crippen LogP contribution in [-0.2, 0) is 6.54 Å². The number of halogens is 1. The van der Waals surface area contributed by atoms with E-state index < -0.39 is 0 Å². The minimum absolute atomic E-state index is 0.0528. The molecule has 0 amide bonds. The monoisotopic (exact) mass is 269 g/mol. The van der Waals surface area contributed by atoms with Crippen molar-refractivity contribution >= 4 is 15.9 Å². The van der Waals surface area contributed by atoms with Gasteiger partial charge < -0.3 is 9.09 Å². The lowest BCUT2D eigenvalue weighted by atomic mass is 10.3. The standard InChI is InChI=1S/C9H8BrN3O2/c1-6-2-7(10)3-13(9(6)14)4-8-11-5-15-12-8/h2-3,5H,4H2,1H3. The molecule has 6 heteroatoms. The van der Waals surface area contributed by atoms with Crippen LogP contribution >= 0.6 is 15.9 Å². The van der Waals surface area contributed by atoms with Crippen LogP contribution in [0.4, 0.5) is 0 Å². The zero-order valence-electron chi connectivity index (χ0n) is 7.98. The van der Waals surface area contributed by atoms with Crippen LogP contribution in [0.5, 0.6) is 0 Å². The summed E-state index contributed by atoms with van der Waals surface area (Å²) < 4.78 is 6.98. The number of hydrogen-bond donors (Lipinski definition) is 0. The Morgan fingerprint density at radius 2 is 2.40 bits per heavy atom. The van der Waals surface area contributed by atoms with E-state index in [0.29, 0.717) is 17.9 Å². The molecule has 0 aromatic carbocycles.